The molecule has 0 saturated heterocycles. The third-order valence-electron chi connectivity index (χ3n) is 1.34. The molecule has 1 heterocycles. The first-order chi connectivity index (χ1) is 5.77. The summed E-state index contributed by atoms with van der Waals surface area (Å²) < 4.78 is 5.12. The van der Waals surface area contributed by atoms with Gasteiger partial charge in [-0.05, 0) is 13.0 Å². The van der Waals surface area contributed by atoms with Crippen LogP contribution in [0.1, 0.15) is 12.6 Å². The summed E-state index contributed by atoms with van der Waals surface area (Å²) in [5.41, 5.74) is 0.447. The molecular weight excluding hydrogens is 178 g/mol. The number of aromatic nitrogens is 1. The Morgan fingerprint density at radius 2 is 2.33 bits per heavy atom. The van der Waals surface area contributed by atoms with E-state index >= 15 is 0 Å². The molecule has 0 aliphatic rings. The number of rotatable bonds is 3. The minimum atomic E-state index is -0.167. The van der Waals surface area contributed by atoms with Crippen molar-refractivity contribution in [2.24, 2.45) is 0 Å². The van der Waals surface area contributed by atoms with Crippen LogP contribution in [0.4, 0.5) is 0 Å². The van der Waals surface area contributed by atoms with Crippen LogP contribution in [0, 0.1) is 0 Å². The molecule has 1 aromatic heterocycles. The van der Waals surface area contributed by atoms with Crippen LogP contribution >= 0.6 is 11.6 Å². The molecule has 66 valence electrons. The van der Waals surface area contributed by atoms with Gasteiger partial charge in [0.2, 0.25) is 5.88 Å². The largest absolute Gasteiger partial charge is 0.478 e. The Hall–Kier alpha value is -0.800. The second-order valence-corrected chi connectivity index (χ2v) is 2.58. The van der Waals surface area contributed by atoms with Crippen molar-refractivity contribution in [1.29, 1.82) is 0 Å². The Kier molecular flexibility index (Phi) is 3.31. The fraction of sp³-hybridized carbons (Fsp3) is 0.375. The molecule has 1 rings (SSSR count). The first-order valence-corrected chi connectivity index (χ1v) is 4.04. The second-order valence-electron chi connectivity index (χ2n) is 2.17. The zero-order valence-corrected chi connectivity index (χ0v) is 7.51. The fourth-order valence-electron chi connectivity index (χ4n) is 0.803. The van der Waals surface area contributed by atoms with Gasteiger partial charge in [0.15, 0.2) is 0 Å². The van der Waals surface area contributed by atoms with E-state index in [4.69, 9.17) is 21.4 Å². The summed E-state index contributed by atoms with van der Waals surface area (Å²) in [4.78, 5) is 3.98. The summed E-state index contributed by atoms with van der Waals surface area (Å²) in [6, 6.07) is 3.33. The average molecular weight is 188 g/mol. The highest BCUT2D eigenvalue weighted by Crippen LogP contribution is 2.17. The number of aliphatic hydroxyl groups is 1. The Labute approximate surface area is 76.0 Å². The zero-order chi connectivity index (χ0) is 8.97. The third kappa shape index (κ3) is 2.09. The lowest BCUT2D eigenvalue weighted by Crippen LogP contribution is -1.97. The van der Waals surface area contributed by atoms with E-state index in [0.717, 1.165) is 0 Å². The molecule has 4 heteroatoms. The smallest absolute Gasteiger partial charge is 0.213 e. The monoisotopic (exact) mass is 187 g/mol. The lowest BCUT2D eigenvalue weighted by molar-refractivity contribution is 0.271. The van der Waals surface area contributed by atoms with E-state index in [2.05, 4.69) is 4.98 Å². The van der Waals surface area contributed by atoms with E-state index in [9.17, 15) is 0 Å². The van der Waals surface area contributed by atoms with Crippen LogP contribution in [0.2, 0.25) is 5.02 Å². The number of hydrogen-bond acceptors (Lipinski definition) is 3. The predicted octanol–water partition coefficient (Wildman–Crippen LogP) is 1.63. The Morgan fingerprint density at radius 1 is 1.58 bits per heavy atom. The lowest BCUT2D eigenvalue weighted by Gasteiger charge is -2.04. The molecule has 0 aliphatic carbocycles. The molecule has 12 heavy (non-hydrogen) atoms. The summed E-state index contributed by atoms with van der Waals surface area (Å²) in [6.07, 6.45) is 0. The minimum absolute atomic E-state index is 0.167. The summed E-state index contributed by atoms with van der Waals surface area (Å²) in [7, 11) is 0. The first-order valence-electron chi connectivity index (χ1n) is 3.67. The van der Waals surface area contributed by atoms with Crippen molar-refractivity contribution < 1.29 is 9.84 Å². The molecule has 0 aliphatic heterocycles. The van der Waals surface area contributed by atoms with Gasteiger partial charge in [-0.1, -0.05) is 11.6 Å². The van der Waals surface area contributed by atoms with Gasteiger partial charge in [0.1, 0.15) is 0 Å². The van der Waals surface area contributed by atoms with E-state index in [1.807, 2.05) is 6.92 Å². The van der Waals surface area contributed by atoms with Gasteiger partial charge in [0.25, 0.3) is 0 Å². The van der Waals surface area contributed by atoms with Gasteiger partial charge in [0.05, 0.1) is 23.9 Å². The molecule has 0 unspecified atom stereocenters. The summed E-state index contributed by atoms with van der Waals surface area (Å²) >= 11 is 5.72. The van der Waals surface area contributed by atoms with E-state index in [0.29, 0.717) is 23.2 Å². The fourth-order valence-corrected chi connectivity index (χ4v) is 0.968. The van der Waals surface area contributed by atoms with E-state index in [1.165, 1.54) is 0 Å². The highest BCUT2D eigenvalue weighted by Gasteiger charge is 2.02. The molecule has 0 fully saturated rings. The van der Waals surface area contributed by atoms with E-state index in [-0.39, 0.29) is 6.61 Å². The summed E-state index contributed by atoms with van der Waals surface area (Å²) in [6.45, 7) is 2.26. The van der Waals surface area contributed by atoms with Gasteiger partial charge >= 0.3 is 0 Å². The second kappa shape index (κ2) is 4.28. The van der Waals surface area contributed by atoms with Crippen molar-refractivity contribution in [3.63, 3.8) is 0 Å². The third-order valence-corrected chi connectivity index (χ3v) is 1.68. The van der Waals surface area contributed by atoms with Crippen LogP contribution in [0.25, 0.3) is 0 Å². The van der Waals surface area contributed by atoms with Crippen molar-refractivity contribution in [2.75, 3.05) is 6.61 Å². The van der Waals surface area contributed by atoms with Gasteiger partial charge in [-0.3, -0.25) is 0 Å². The number of ether oxygens (including phenoxy) is 1. The standard InChI is InChI=1S/C8H10ClNO2/c1-2-12-8-4-3-6(9)7(5-11)10-8/h3-4,11H,2,5H2,1H3. The van der Waals surface area contributed by atoms with Crippen LogP contribution in [0.15, 0.2) is 12.1 Å². The zero-order valence-electron chi connectivity index (χ0n) is 6.75. The van der Waals surface area contributed by atoms with Gasteiger partial charge in [-0.25, -0.2) is 4.98 Å². The molecule has 1 N–H and O–H groups in total. The van der Waals surface area contributed by atoms with Crippen molar-refractivity contribution in [2.45, 2.75) is 13.5 Å². The normalized spacial score (nSPS) is 9.92. The molecule has 0 radical (unpaired) electrons. The maximum Gasteiger partial charge on any atom is 0.213 e. The number of hydrogen-bond donors (Lipinski definition) is 1. The van der Waals surface area contributed by atoms with Crippen molar-refractivity contribution >= 4 is 11.6 Å². The molecule has 0 bridgehead atoms. The highest BCUT2D eigenvalue weighted by molar-refractivity contribution is 6.31. The number of aliphatic hydroxyl groups excluding tert-OH is 1. The van der Waals surface area contributed by atoms with Gasteiger partial charge in [0, 0.05) is 6.07 Å². The Morgan fingerprint density at radius 3 is 2.92 bits per heavy atom. The van der Waals surface area contributed by atoms with Crippen LogP contribution in [0.3, 0.4) is 0 Å². The minimum Gasteiger partial charge on any atom is -0.478 e. The van der Waals surface area contributed by atoms with Gasteiger partial charge in [-0.2, -0.15) is 0 Å². The number of nitrogens with zero attached hydrogens (tertiary/aromatic N) is 1. The number of halogens is 1. The Balaban J connectivity index is 2.89. The maximum absolute atomic E-state index is 8.81. The van der Waals surface area contributed by atoms with Crippen LogP contribution in [-0.4, -0.2) is 16.7 Å². The molecule has 0 saturated carbocycles. The van der Waals surface area contributed by atoms with Crippen LogP contribution in [-0.2, 0) is 6.61 Å². The van der Waals surface area contributed by atoms with Crippen molar-refractivity contribution in [3.8, 4) is 5.88 Å². The molecule has 0 spiro atoms. The Bertz CT molecular complexity index is 265. The molecule has 0 amide bonds. The maximum atomic E-state index is 8.81. The number of pyridine rings is 1. The molecule has 0 aromatic carbocycles. The SMILES string of the molecule is CCOc1ccc(Cl)c(CO)n1. The summed E-state index contributed by atoms with van der Waals surface area (Å²) in [5, 5.41) is 9.27. The first kappa shape index (κ1) is 9.29. The van der Waals surface area contributed by atoms with Crippen molar-refractivity contribution in [1.82, 2.24) is 4.98 Å². The molecule has 1 aromatic rings. The van der Waals surface area contributed by atoms with Crippen LogP contribution < -0.4 is 4.74 Å². The lowest BCUT2D eigenvalue weighted by atomic mass is 10.3. The highest BCUT2D eigenvalue weighted by atomic mass is 35.5. The quantitative estimate of drug-likeness (QED) is 0.782. The van der Waals surface area contributed by atoms with Gasteiger partial charge in [-0.15, -0.1) is 0 Å². The predicted molar refractivity (Wildman–Crippen MR) is 46.3 cm³/mol. The molecule has 0 atom stereocenters. The molecule has 3 nitrogen and oxygen atoms in total. The molecular formula is C8H10ClNO2. The van der Waals surface area contributed by atoms with E-state index < -0.39 is 0 Å². The van der Waals surface area contributed by atoms with E-state index in [1.54, 1.807) is 12.1 Å². The van der Waals surface area contributed by atoms with Crippen molar-refractivity contribution in [3.05, 3.63) is 22.8 Å². The van der Waals surface area contributed by atoms with Gasteiger partial charge < -0.3 is 9.84 Å². The average Bonchev–Trinajstić information content (AvgIpc) is 2.09. The topological polar surface area (TPSA) is 42.4 Å². The summed E-state index contributed by atoms with van der Waals surface area (Å²) in [5.74, 6) is 0.492. The van der Waals surface area contributed by atoms with Crippen LogP contribution in [0.5, 0.6) is 5.88 Å².